The van der Waals surface area contributed by atoms with Gasteiger partial charge in [0.05, 0.1) is 11.0 Å². The lowest BCUT2D eigenvalue weighted by molar-refractivity contribution is 1.66. The third kappa shape index (κ3) is 3.20. The average Bonchev–Trinajstić information content (AvgIpc) is 3.03. The lowest BCUT2D eigenvalue weighted by Gasteiger charge is -2.16. The van der Waals surface area contributed by atoms with Crippen LogP contribution in [-0.4, -0.2) is 0 Å². The number of hydrogen-bond acceptors (Lipinski definition) is 0. The van der Waals surface area contributed by atoms with E-state index in [1.54, 1.807) is 0 Å². The summed E-state index contributed by atoms with van der Waals surface area (Å²) in [6.45, 7) is 0. The molecule has 0 aliphatic rings. The van der Waals surface area contributed by atoms with Crippen LogP contribution < -0.4 is 0 Å². The fourth-order valence-corrected chi connectivity index (χ4v) is 5.58. The van der Waals surface area contributed by atoms with E-state index in [1.807, 2.05) is 54.6 Å². The summed E-state index contributed by atoms with van der Waals surface area (Å²) in [5, 5.41) is 4.66. The quantitative estimate of drug-likeness (QED) is 0.158. The summed E-state index contributed by atoms with van der Waals surface area (Å²) in [7, 11) is 0. The third-order valence-corrected chi connectivity index (χ3v) is 7.36. The highest BCUT2D eigenvalue weighted by Gasteiger charge is 2.15. The monoisotopic (exact) mass is 516 g/mol. The molecule has 7 aromatic carbocycles. The van der Waals surface area contributed by atoms with Crippen molar-refractivity contribution >= 4 is 59.0 Å². The van der Waals surface area contributed by atoms with Crippen LogP contribution in [0.15, 0.2) is 132 Å². The maximum Gasteiger partial charge on any atom is 0.0630 e. The molecular formula is C34H21Br. The lowest BCUT2D eigenvalue weighted by atomic mass is 9.89. The highest BCUT2D eigenvalue weighted by Crippen LogP contribution is 2.43. The first-order valence-corrected chi connectivity index (χ1v) is 12.0. The number of benzene rings is 7. The van der Waals surface area contributed by atoms with E-state index in [4.69, 9.17) is 11.0 Å². The molecule has 0 heterocycles. The molecule has 0 unspecified atom stereocenters. The minimum absolute atomic E-state index is 0.169. The maximum absolute atomic E-state index is 8.92. The van der Waals surface area contributed by atoms with Crippen molar-refractivity contribution in [1.29, 1.82) is 0 Å². The minimum atomic E-state index is -0.415. The van der Waals surface area contributed by atoms with E-state index < -0.39 is 24.2 Å². The van der Waals surface area contributed by atoms with Gasteiger partial charge in [-0.1, -0.05) is 121 Å². The molecule has 0 aromatic heterocycles. The molecule has 1 heteroatoms. The number of halogens is 1. The van der Waals surface area contributed by atoms with Gasteiger partial charge in [0.1, 0.15) is 0 Å². The Bertz CT molecular complexity index is 2250. The van der Waals surface area contributed by atoms with Crippen LogP contribution in [0.2, 0.25) is 0 Å². The summed E-state index contributed by atoms with van der Waals surface area (Å²) in [5.41, 5.74) is 3.08. The number of fused-ring (bicyclic) bond motifs is 5. The standard InChI is InChI=1S/C34H21Br/c35-34-30-13-6-4-11-28(30)33(29-12-5-7-14-31(29)34)24-18-17-23-19-20-27-25(22-9-2-1-3-10-22)15-8-16-26(27)32(23)21-24/h1-21H/i4D,5D,6D,7D,11D,12D,13D,14D. The SMILES string of the molecule is [2H]c1c([2H])c([2H])c2c(-c3ccc4ccc5c(-c6ccccc6)cccc5c4c3)c3c([2H])c([2H])c([2H])c([2H])c3c(Br)c2c1[2H]. The highest BCUT2D eigenvalue weighted by atomic mass is 79.9. The van der Waals surface area contributed by atoms with Crippen LogP contribution in [0.3, 0.4) is 0 Å². The van der Waals surface area contributed by atoms with Gasteiger partial charge < -0.3 is 0 Å². The molecule has 0 fully saturated rings. The van der Waals surface area contributed by atoms with Crippen LogP contribution in [0, 0.1) is 0 Å². The zero-order chi connectivity index (χ0) is 30.3. The summed E-state index contributed by atoms with van der Waals surface area (Å²) >= 11 is 3.48. The predicted octanol–water partition coefficient (Wildman–Crippen LogP) is 10.4. The molecule has 0 aliphatic carbocycles. The first-order valence-electron chi connectivity index (χ1n) is 15.2. The third-order valence-electron chi connectivity index (χ3n) is 6.57. The van der Waals surface area contributed by atoms with Gasteiger partial charge >= 0.3 is 0 Å². The summed E-state index contributed by atoms with van der Waals surface area (Å²) in [5.74, 6) is 0. The lowest BCUT2D eigenvalue weighted by Crippen LogP contribution is -1.88. The Hall–Kier alpha value is -3.94. The Balaban J connectivity index is 1.69. The van der Waals surface area contributed by atoms with Crippen molar-refractivity contribution in [3.63, 3.8) is 0 Å². The minimum Gasteiger partial charge on any atom is -0.0622 e. The zero-order valence-electron chi connectivity index (χ0n) is 26.4. The first-order chi connectivity index (χ1) is 20.6. The molecule has 0 saturated heterocycles. The van der Waals surface area contributed by atoms with Crippen molar-refractivity contribution < 1.29 is 11.0 Å². The normalized spacial score (nSPS) is 14.8. The van der Waals surface area contributed by atoms with Crippen LogP contribution in [0.4, 0.5) is 0 Å². The topological polar surface area (TPSA) is 0 Å². The van der Waals surface area contributed by atoms with Crippen molar-refractivity contribution in [2.24, 2.45) is 0 Å². The van der Waals surface area contributed by atoms with E-state index in [2.05, 4.69) is 40.2 Å². The van der Waals surface area contributed by atoms with Crippen molar-refractivity contribution in [2.75, 3.05) is 0 Å². The highest BCUT2D eigenvalue weighted by molar-refractivity contribution is 9.10. The van der Waals surface area contributed by atoms with E-state index in [0.717, 1.165) is 32.7 Å². The summed E-state index contributed by atoms with van der Waals surface area (Å²) in [4.78, 5) is 0. The van der Waals surface area contributed by atoms with Crippen molar-refractivity contribution in [3.05, 3.63) is 132 Å². The second kappa shape index (κ2) is 8.08. The Kier molecular flexibility index (Phi) is 3.19. The van der Waals surface area contributed by atoms with Crippen LogP contribution in [-0.2, 0) is 0 Å². The van der Waals surface area contributed by atoms with Crippen LogP contribution >= 0.6 is 15.9 Å². The van der Waals surface area contributed by atoms with Gasteiger partial charge in [0.2, 0.25) is 0 Å². The van der Waals surface area contributed by atoms with Gasteiger partial charge in [-0.25, -0.2) is 0 Å². The maximum atomic E-state index is 8.92. The molecule has 164 valence electrons. The van der Waals surface area contributed by atoms with Gasteiger partial charge in [-0.2, -0.15) is 0 Å². The molecule has 0 bridgehead atoms. The molecule has 0 N–H and O–H groups in total. The van der Waals surface area contributed by atoms with Gasteiger partial charge in [-0.15, -0.1) is 0 Å². The molecule has 7 aromatic rings. The van der Waals surface area contributed by atoms with E-state index in [9.17, 15) is 0 Å². The summed E-state index contributed by atoms with van der Waals surface area (Å²) < 4.78 is 69.2. The second-order valence-electron chi connectivity index (χ2n) is 8.46. The van der Waals surface area contributed by atoms with E-state index in [1.165, 1.54) is 0 Å². The molecule has 0 spiro atoms. The molecule has 0 aliphatic heterocycles. The fraction of sp³-hybridized carbons (Fsp3) is 0. The van der Waals surface area contributed by atoms with Gasteiger partial charge in [0.25, 0.3) is 0 Å². The summed E-state index contributed by atoms with van der Waals surface area (Å²) in [6, 6.07) is 23.4. The van der Waals surface area contributed by atoms with Crippen molar-refractivity contribution in [3.8, 4) is 22.3 Å². The molecule has 0 atom stereocenters. The number of rotatable bonds is 2. The van der Waals surface area contributed by atoms with Crippen molar-refractivity contribution in [2.45, 2.75) is 0 Å². The summed E-state index contributed by atoms with van der Waals surface area (Å²) in [6.07, 6.45) is 0. The van der Waals surface area contributed by atoms with Crippen molar-refractivity contribution in [1.82, 2.24) is 0 Å². The fourth-order valence-electron chi connectivity index (χ4n) is 4.98. The smallest absolute Gasteiger partial charge is 0.0622 e. The molecular weight excluding hydrogens is 488 g/mol. The van der Waals surface area contributed by atoms with E-state index >= 15 is 0 Å². The Labute approximate surface area is 223 Å². The van der Waals surface area contributed by atoms with Gasteiger partial charge in [0, 0.05) is 4.47 Å². The van der Waals surface area contributed by atoms with Crippen LogP contribution in [0.5, 0.6) is 0 Å². The molecule has 0 radical (unpaired) electrons. The molecule has 0 nitrogen and oxygen atoms in total. The van der Waals surface area contributed by atoms with Gasteiger partial charge in [0.15, 0.2) is 0 Å². The second-order valence-corrected chi connectivity index (χ2v) is 9.25. The molecule has 0 saturated carbocycles. The predicted molar refractivity (Wildman–Crippen MR) is 155 cm³/mol. The largest absolute Gasteiger partial charge is 0.0630 e. The van der Waals surface area contributed by atoms with E-state index in [0.29, 0.717) is 11.1 Å². The Morgan fingerprint density at radius 3 is 1.86 bits per heavy atom. The number of hydrogen-bond donors (Lipinski definition) is 0. The zero-order valence-corrected chi connectivity index (χ0v) is 20.0. The van der Waals surface area contributed by atoms with Gasteiger partial charge in [-0.05, 0) is 87.3 Å². The molecule has 7 rings (SSSR count). The molecule has 0 amide bonds. The van der Waals surface area contributed by atoms with Crippen LogP contribution in [0.1, 0.15) is 11.0 Å². The van der Waals surface area contributed by atoms with Crippen LogP contribution in [0.25, 0.3) is 65.3 Å². The molecule has 35 heavy (non-hydrogen) atoms. The Morgan fingerprint density at radius 2 is 1.14 bits per heavy atom. The van der Waals surface area contributed by atoms with E-state index in [-0.39, 0.29) is 50.2 Å². The van der Waals surface area contributed by atoms with Gasteiger partial charge in [-0.3, -0.25) is 0 Å². The Morgan fingerprint density at radius 1 is 0.486 bits per heavy atom. The average molecular weight is 517 g/mol. The first kappa shape index (κ1) is 13.8.